The lowest BCUT2D eigenvalue weighted by Crippen LogP contribution is -2.15. The van der Waals surface area contributed by atoms with E-state index in [2.05, 4.69) is 44.8 Å². The molecule has 7 nitrogen and oxygen atoms in total. The van der Waals surface area contributed by atoms with Gasteiger partial charge in [-0.25, -0.2) is 9.89 Å². The number of benzene rings is 2. The molecule has 3 rings (SSSR count). The predicted molar refractivity (Wildman–Crippen MR) is 101 cm³/mol. The van der Waals surface area contributed by atoms with Crippen molar-refractivity contribution < 1.29 is 4.74 Å². The molecule has 7 heteroatoms. The molecule has 2 N–H and O–H groups in total. The Morgan fingerprint density at radius 3 is 2.69 bits per heavy atom. The largest absolute Gasteiger partial charge is 0.489 e. The van der Waals surface area contributed by atoms with Crippen LogP contribution in [0.1, 0.15) is 22.4 Å². The summed E-state index contributed by atoms with van der Waals surface area (Å²) in [5.41, 5.74) is 6.00. The van der Waals surface area contributed by atoms with E-state index in [0.29, 0.717) is 18.1 Å². The van der Waals surface area contributed by atoms with Crippen molar-refractivity contribution in [3.05, 3.63) is 81.4 Å². The number of nitrogens with one attached hydrogen (secondary N) is 2. The molecule has 0 spiro atoms. The summed E-state index contributed by atoms with van der Waals surface area (Å²) in [4.78, 5) is 14.9. The molecule has 0 aliphatic heterocycles. The van der Waals surface area contributed by atoms with Crippen LogP contribution in [0.5, 0.6) is 5.75 Å². The van der Waals surface area contributed by atoms with Crippen molar-refractivity contribution in [3.63, 3.8) is 0 Å². The van der Waals surface area contributed by atoms with Gasteiger partial charge in [0.15, 0.2) is 5.82 Å². The fourth-order valence-corrected chi connectivity index (χ4v) is 2.25. The van der Waals surface area contributed by atoms with Crippen molar-refractivity contribution in [2.75, 3.05) is 5.43 Å². The SMILES string of the molecule is Cc1ccccc1COc1ccc(C=NNc2nc(=O)[nH]nc2C)cc1. The normalized spacial score (nSPS) is 10.8. The predicted octanol–water partition coefficient (Wildman–Crippen LogP) is 2.81. The smallest absolute Gasteiger partial charge is 0.363 e. The van der Waals surface area contributed by atoms with Gasteiger partial charge in [0.05, 0.1) is 6.21 Å². The maximum absolute atomic E-state index is 11.2. The summed E-state index contributed by atoms with van der Waals surface area (Å²) in [5, 5.41) is 10.2. The number of anilines is 1. The van der Waals surface area contributed by atoms with Crippen molar-refractivity contribution in [1.29, 1.82) is 0 Å². The van der Waals surface area contributed by atoms with Gasteiger partial charge in [-0.1, -0.05) is 24.3 Å². The van der Waals surface area contributed by atoms with Gasteiger partial charge in [-0.2, -0.15) is 15.2 Å². The number of aromatic amines is 1. The van der Waals surface area contributed by atoms with E-state index < -0.39 is 5.69 Å². The highest BCUT2D eigenvalue weighted by atomic mass is 16.5. The minimum atomic E-state index is -0.525. The Morgan fingerprint density at radius 1 is 1.15 bits per heavy atom. The van der Waals surface area contributed by atoms with E-state index in [-0.39, 0.29) is 0 Å². The fourth-order valence-electron chi connectivity index (χ4n) is 2.25. The van der Waals surface area contributed by atoms with Crippen LogP contribution in [0.4, 0.5) is 5.82 Å². The molecular weight excluding hydrogens is 330 g/mol. The summed E-state index contributed by atoms with van der Waals surface area (Å²) in [7, 11) is 0. The van der Waals surface area contributed by atoms with Crippen molar-refractivity contribution in [2.24, 2.45) is 5.10 Å². The third-order valence-electron chi connectivity index (χ3n) is 3.80. The van der Waals surface area contributed by atoms with Crippen molar-refractivity contribution >= 4 is 12.0 Å². The van der Waals surface area contributed by atoms with Crippen LogP contribution in [0.2, 0.25) is 0 Å². The number of aromatic nitrogens is 3. The summed E-state index contributed by atoms with van der Waals surface area (Å²) in [6.45, 7) is 4.32. The molecule has 2 aromatic carbocycles. The number of hydrogen-bond acceptors (Lipinski definition) is 6. The number of H-pyrrole nitrogens is 1. The summed E-state index contributed by atoms with van der Waals surface area (Å²) < 4.78 is 5.81. The van der Waals surface area contributed by atoms with E-state index in [4.69, 9.17) is 4.74 Å². The summed E-state index contributed by atoms with van der Waals surface area (Å²) in [6.07, 6.45) is 1.63. The van der Waals surface area contributed by atoms with Crippen molar-refractivity contribution in [1.82, 2.24) is 15.2 Å². The molecule has 0 saturated carbocycles. The molecule has 0 radical (unpaired) electrons. The molecule has 0 saturated heterocycles. The molecular formula is C19H19N5O2. The Hall–Kier alpha value is -3.48. The number of hydrazone groups is 1. The molecule has 0 bridgehead atoms. The van der Waals surface area contributed by atoms with Gasteiger partial charge < -0.3 is 4.74 Å². The Balaban J connectivity index is 1.58. The van der Waals surface area contributed by atoms with Gasteiger partial charge in [-0.05, 0) is 54.8 Å². The van der Waals surface area contributed by atoms with E-state index >= 15 is 0 Å². The lowest BCUT2D eigenvalue weighted by Gasteiger charge is -2.08. The molecule has 3 aromatic rings. The summed E-state index contributed by atoms with van der Waals surface area (Å²) >= 11 is 0. The van der Waals surface area contributed by atoms with Gasteiger partial charge in [0.2, 0.25) is 0 Å². The first kappa shape index (κ1) is 17.3. The first-order valence-electron chi connectivity index (χ1n) is 8.11. The topological polar surface area (TPSA) is 92.3 Å². The number of aryl methyl sites for hydroxylation is 2. The molecule has 132 valence electrons. The zero-order valence-electron chi connectivity index (χ0n) is 14.6. The summed E-state index contributed by atoms with van der Waals surface area (Å²) in [6, 6.07) is 15.7. The van der Waals surface area contributed by atoms with Gasteiger partial charge in [0, 0.05) is 0 Å². The number of nitrogens with zero attached hydrogens (tertiary/aromatic N) is 3. The zero-order valence-corrected chi connectivity index (χ0v) is 14.6. The Kier molecular flexibility index (Phi) is 5.38. The van der Waals surface area contributed by atoms with Crippen LogP contribution in [-0.4, -0.2) is 21.4 Å². The molecule has 0 aliphatic rings. The molecule has 0 aliphatic carbocycles. The third-order valence-corrected chi connectivity index (χ3v) is 3.80. The zero-order chi connectivity index (χ0) is 18.4. The van der Waals surface area contributed by atoms with E-state index in [0.717, 1.165) is 16.9 Å². The van der Waals surface area contributed by atoms with E-state index in [1.807, 2.05) is 36.4 Å². The number of rotatable bonds is 6. The third kappa shape index (κ3) is 4.54. The van der Waals surface area contributed by atoms with Crippen LogP contribution >= 0.6 is 0 Å². The van der Waals surface area contributed by atoms with Crippen molar-refractivity contribution in [3.8, 4) is 5.75 Å². The molecule has 0 atom stereocenters. The highest BCUT2D eigenvalue weighted by Crippen LogP contribution is 2.15. The van der Waals surface area contributed by atoms with Crippen LogP contribution in [0.25, 0.3) is 0 Å². The first-order chi connectivity index (χ1) is 12.6. The standard InChI is InChI=1S/C19H19N5O2/c1-13-5-3-4-6-16(13)12-26-17-9-7-15(8-10-17)11-20-23-18-14(2)22-24-19(25)21-18/h3-11H,12H2,1-2H3,(H2,21,23,24,25). The van der Waals surface area contributed by atoms with E-state index in [1.165, 1.54) is 5.56 Å². The second kappa shape index (κ2) is 8.06. The highest BCUT2D eigenvalue weighted by molar-refractivity contribution is 5.80. The van der Waals surface area contributed by atoms with Gasteiger partial charge >= 0.3 is 5.69 Å². The lowest BCUT2D eigenvalue weighted by atomic mass is 10.1. The quantitative estimate of drug-likeness (QED) is 0.527. The first-order valence-corrected chi connectivity index (χ1v) is 8.11. The van der Waals surface area contributed by atoms with Crippen LogP contribution in [-0.2, 0) is 6.61 Å². The molecule has 0 unspecified atom stereocenters. The molecule has 0 amide bonds. The fraction of sp³-hybridized carbons (Fsp3) is 0.158. The Labute approximate surface area is 150 Å². The maximum atomic E-state index is 11.2. The monoisotopic (exact) mass is 349 g/mol. The van der Waals surface area contributed by atoms with Gasteiger partial charge in [-0.3, -0.25) is 5.43 Å². The lowest BCUT2D eigenvalue weighted by molar-refractivity contribution is 0.305. The van der Waals surface area contributed by atoms with Gasteiger partial charge in [0.1, 0.15) is 18.1 Å². The Bertz CT molecular complexity index is 964. The van der Waals surface area contributed by atoms with Crippen LogP contribution in [0.15, 0.2) is 58.4 Å². The average molecular weight is 349 g/mol. The Morgan fingerprint density at radius 2 is 1.92 bits per heavy atom. The van der Waals surface area contributed by atoms with Crippen molar-refractivity contribution in [2.45, 2.75) is 20.5 Å². The van der Waals surface area contributed by atoms with Gasteiger partial charge in [-0.15, -0.1) is 0 Å². The van der Waals surface area contributed by atoms with Crippen LogP contribution in [0.3, 0.4) is 0 Å². The van der Waals surface area contributed by atoms with Gasteiger partial charge in [0.25, 0.3) is 0 Å². The highest BCUT2D eigenvalue weighted by Gasteiger charge is 2.01. The molecule has 26 heavy (non-hydrogen) atoms. The minimum Gasteiger partial charge on any atom is -0.489 e. The second-order valence-electron chi connectivity index (χ2n) is 5.73. The minimum absolute atomic E-state index is 0.322. The number of ether oxygens (including phenoxy) is 1. The van der Waals surface area contributed by atoms with E-state index in [1.54, 1.807) is 13.1 Å². The molecule has 1 heterocycles. The molecule has 1 aromatic heterocycles. The van der Waals surface area contributed by atoms with Crippen LogP contribution < -0.4 is 15.9 Å². The molecule has 0 fully saturated rings. The van der Waals surface area contributed by atoms with Crippen LogP contribution in [0, 0.1) is 13.8 Å². The number of hydrogen-bond donors (Lipinski definition) is 2. The van der Waals surface area contributed by atoms with E-state index in [9.17, 15) is 4.79 Å². The summed E-state index contributed by atoms with van der Waals surface area (Å²) in [5.74, 6) is 1.11. The maximum Gasteiger partial charge on any atom is 0.363 e. The average Bonchev–Trinajstić information content (AvgIpc) is 2.65. The second-order valence-corrected chi connectivity index (χ2v) is 5.73.